The van der Waals surface area contributed by atoms with Gasteiger partial charge in [0.05, 0.1) is 5.71 Å². The lowest BCUT2D eigenvalue weighted by Gasteiger charge is -2.20. The Morgan fingerprint density at radius 2 is 1.78 bits per heavy atom. The second-order valence-electron chi connectivity index (χ2n) is 5.84. The Morgan fingerprint density at radius 1 is 1.04 bits per heavy atom. The molecule has 0 spiro atoms. The highest BCUT2D eigenvalue weighted by atomic mass is 16.2. The summed E-state index contributed by atoms with van der Waals surface area (Å²) in [5.41, 5.74) is 12.2. The minimum absolute atomic E-state index is 0.169. The van der Waals surface area contributed by atoms with Gasteiger partial charge in [0.2, 0.25) is 0 Å². The van der Waals surface area contributed by atoms with Crippen LogP contribution in [0.5, 0.6) is 0 Å². The zero-order chi connectivity index (χ0) is 16.1. The van der Waals surface area contributed by atoms with Crippen LogP contribution in [0.25, 0.3) is 0 Å². The van der Waals surface area contributed by atoms with E-state index in [1.165, 1.54) is 17.5 Å². The third kappa shape index (κ3) is 3.59. The molecule has 0 heterocycles. The van der Waals surface area contributed by atoms with Crippen LogP contribution in [0, 0.1) is 0 Å². The molecule has 4 nitrogen and oxygen atoms in total. The van der Waals surface area contributed by atoms with E-state index in [2.05, 4.69) is 34.8 Å². The van der Waals surface area contributed by atoms with E-state index in [-0.39, 0.29) is 5.92 Å². The van der Waals surface area contributed by atoms with Crippen molar-refractivity contribution >= 4 is 11.7 Å². The molecule has 2 aromatic rings. The largest absolute Gasteiger partial charge is 0.350 e. The van der Waals surface area contributed by atoms with Crippen molar-refractivity contribution in [2.45, 2.75) is 31.6 Å². The van der Waals surface area contributed by atoms with Gasteiger partial charge < -0.3 is 5.73 Å². The highest BCUT2D eigenvalue weighted by Gasteiger charge is 2.24. The molecule has 0 bridgehead atoms. The van der Waals surface area contributed by atoms with Gasteiger partial charge in [-0.2, -0.15) is 5.10 Å². The number of carbonyl (C=O) groups excluding carboxylic acids is 1. The van der Waals surface area contributed by atoms with Crippen LogP contribution >= 0.6 is 0 Å². The number of aryl methyl sites for hydroxylation is 1. The molecule has 23 heavy (non-hydrogen) atoms. The number of nitrogens with two attached hydrogens (primary N) is 1. The maximum Gasteiger partial charge on any atom is 0.332 e. The van der Waals surface area contributed by atoms with E-state index in [4.69, 9.17) is 5.73 Å². The molecule has 2 amide bonds. The van der Waals surface area contributed by atoms with Crippen molar-refractivity contribution < 1.29 is 4.79 Å². The van der Waals surface area contributed by atoms with Crippen LogP contribution in [0.1, 0.15) is 41.9 Å². The number of carbonyl (C=O) groups is 1. The standard InChI is InChI=1S/C19H21N3O/c20-19(23)22-21-18(15-10-2-1-3-11-15)17-13-7-5-9-14-8-4-6-12-16(14)17/h1-4,6,8,10-12,17H,5,7,9,13H2,(H3,20,22,23)/b21-18+/t17-/m1/s1. The smallest absolute Gasteiger partial charge is 0.332 e. The lowest BCUT2D eigenvalue weighted by molar-refractivity contribution is 0.249. The summed E-state index contributed by atoms with van der Waals surface area (Å²) in [5, 5.41) is 4.35. The number of nitrogens with one attached hydrogen (secondary N) is 1. The number of hydrogen-bond donors (Lipinski definition) is 2. The third-order valence-corrected chi connectivity index (χ3v) is 4.31. The molecule has 1 aliphatic carbocycles. The number of rotatable bonds is 3. The summed E-state index contributed by atoms with van der Waals surface area (Å²) in [6.07, 6.45) is 4.43. The van der Waals surface area contributed by atoms with Gasteiger partial charge in [-0.1, -0.05) is 61.0 Å². The number of benzene rings is 2. The van der Waals surface area contributed by atoms with E-state index < -0.39 is 6.03 Å². The molecule has 3 rings (SSSR count). The van der Waals surface area contributed by atoms with Crippen molar-refractivity contribution in [3.05, 3.63) is 71.3 Å². The Kier molecular flexibility index (Phi) is 4.71. The summed E-state index contributed by atoms with van der Waals surface area (Å²) in [6.45, 7) is 0. The number of hydrazone groups is 1. The molecule has 3 N–H and O–H groups in total. The minimum Gasteiger partial charge on any atom is -0.350 e. The average Bonchev–Trinajstić information content (AvgIpc) is 2.79. The van der Waals surface area contributed by atoms with Crippen molar-refractivity contribution in [1.29, 1.82) is 0 Å². The van der Waals surface area contributed by atoms with Crippen LogP contribution in [0.15, 0.2) is 59.7 Å². The van der Waals surface area contributed by atoms with Crippen LogP contribution < -0.4 is 11.2 Å². The van der Waals surface area contributed by atoms with Gasteiger partial charge in [0.25, 0.3) is 0 Å². The summed E-state index contributed by atoms with van der Waals surface area (Å²) in [4.78, 5) is 11.1. The summed E-state index contributed by atoms with van der Waals surface area (Å²) >= 11 is 0. The fraction of sp³-hybridized carbons (Fsp3) is 0.263. The van der Waals surface area contributed by atoms with E-state index in [1.807, 2.05) is 30.3 Å². The van der Waals surface area contributed by atoms with Gasteiger partial charge in [0.15, 0.2) is 0 Å². The molecule has 0 saturated carbocycles. The molecule has 4 heteroatoms. The first-order valence-corrected chi connectivity index (χ1v) is 8.02. The molecule has 0 aromatic heterocycles. The number of hydrogen-bond acceptors (Lipinski definition) is 2. The zero-order valence-corrected chi connectivity index (χ0v) is 13.0. The first kappa shape index (κ1) is 15.3. The highest BCUT2D eigenvalue weighted by Crippen LogP contribution is 2.33. The Hall–Kier alpha value is -2.62. The number of nitrogens with zero attached hydrogens (tertiary/aromatic N) is 1. The second kappa shape index (κ2) is 7.09. The molecule has 2 aromatic carbocycles. The summed E-state index contributed by atoms with van der Waals surface area (Å²) < 4.78 is 0. The molecule has 1 atom stereocenters. The molecule has 0 radical (unpaired) electrons. The quantitative estimate of drug-likeness (QED) is 0.508. The molecule has 118 valence electrons. The predicted molar refractivity (Wildman–Crippen MR) is 92.4 cm³/mol. The van der Waals surface area contributed by atoms with E-state index in [0.29, 0.717) is 0 Å². The molecule has 1 aliphatic rings. The zero-order valence-electron chi connectivity index (χ0n) is 13.0. The minimum atomic E-state index is -0.639. The summed E-state index contributed by atoms with van der Waals surface area (Å²) in [5.74, 6) is 0.169. The molecule has 0 saturated heterocycles. The molecule has 0 unspecified atom stereocenters. The van der Waals surface area contributed by atoms with Crippen molar-refractivity contribution in [2.24, 2.45) is 10.8 Å². The summed E-state index contributed by atoms with van der Waals surface area (Å²) in [7, 11) is 0. The van der Waals surface area contributed by atoms with Crippen LogP contribution in [0.3, 0.4) is 0 Å². The normalized spacial score (nSPS) is 17.9. The van der Waals surface area contributed by atoms with Gasteiger partial charge in [-0.15, -0.1) is 0 Å². The predicted octanol–water partition coefficient (Wildman–Crippen LogP) is 3.57. The Labute approximate surface area is 136 Å². The van der Waals surface area contributed by atoms with Gasteiger partial charge in [0.1, 0.15) is 0 Å². The fourth-order valence-electron chi connectivity index (χ4n) is 3.27. The fourth-order valence-corrected chi connectivity index (χ4v) is 3.27. The number of amides is 2. The number of fused-ring (bicyclic) bond motifs is 1. The van der Waals surface area contributed by atoms with Crippen molar-refractivity contribution in [1.82, 2.24) is 5.43 Å². The van der Waals surface area contributed by atoms with Crippen molar-refractivity contribution in [3.63, 3.8) is 0 Å². The van der Waals surface area contributed by atoms with E-state index >= 15 is 0 Å². The first-order chi connectivity index (χ1) is 11.3. The van der Waals surface area contributed by atoms with Gasteiger partial charge in [0, 0.05) is 5.92 Å². The average molecular weight is 307 g/mol. The third-order valence-electron chi connectivity index (χ3n) is 4.31. The lowest BCUT2D eigenvalue weighted by Crippen LogP contribution is -2.27. The molecule has 0 aliphatic heterocycles. The molecular formula is C19H21N3O. The lowest BCUT2D eigenvalue weighted by atomic mass is 9.85. The number of urea groups is 1. The molecule has 0 fully saturated rings. The first-order valence-electron chi connectivity index (χ1n) is 8.02. The van der Waals surface area contributed by atoms with Crippen LogP contribution in [0.4, 0.5) is 4.79 Å². The Bertz CT molecular complexity index is 710. The van der Waals surface area contributed by atoms with Crippen molar-refractivity contribution in [2.75, 3.05) is 0 Å². The van der Waals surface area contributed by atoms with E-state index in [0.717, 1.165) is 30.5 Å². The topological polar surface area (TPSA) is 67.5 Å². The highest BCUT2D eigenvalue weighted by molar-refractivity contribution is 6.05. The van der Waals surface area contributed by atoms with Gasteiger partial charge in [-0.3, -0.25) is 0 Å². The van der Waals surface area contributed by atoms with Gasteiger partial charge >= 0.3 is 6.03 Å². The van der Waals surface area contributed by atoms with Crippen molar-refractivity contribution in [3.8, 4) is 0 Å². The van der Waals surface area contributed by atoms with Crippen LogP contribution in [-0.2, 0) is 6.42 Å². The van der Waals surface area contributed by atoms with Crippen LogP contribution in [-0.4, -0.2) is 11.7 Å². The maximum absolute atomic E-state index is 11.1. The Balaban J connectivity index is 2.06. The van der Waals surface area contributed by atoms with E-state index in [1.54, 1.807) is 0 Å². The number of primary amides is 1. The SMILES string of the molecule is NC(=O)N/N=C(\c1ccccc1)[C@@H]1CCCCc2ccccc21. The maximum atomic E-state index is 11.1. The molecular weight excluding hydrogens is 286 g/mol. The Morgan fingerprint density at radius 3 is 2.57 bits per heavy atom. The van der Waals surface area contributed by atoms with Gasteiger partial charge in [-0.05, 0) is 36.0 Å². The second-order valence-corrected chi connectivity index (χ2v) is 5.84. The van der Waals surface area contributed by atoms with Gasteiger partial charge in [-0.25, -0.2) is 10.2 Å². The monoisotopic (exact) mass is 307 g/mol. The van der Waals surface area contributed by atoms with Crippen LogP contribution in [0.2, 0.25) is 0 Å². The summed E-state index contributed by atoms with van der Waals surface area (Å²) in [6, 6.07) is 17.9. The van der Waals surface area contributed by atoms with E-state index in [9.17, 15) is 4.79 Å².